The van der Waals surface area contributed by atoms with Crippen molar-refractivity contribution in [1.29, 1.82) is 0 Å². The highest BCUT2D eigenvalue weighted by Gasteiger charge is 2.13. The van der Waals surface area contributed by atoms with Crippen LogP contribution in [-0.4, -0.2) is 37.4 Å². The largest absolute Gasteiger partial charge is 0.454 e. The van der Waals surface area contributed by atoms with Crippen LogP contribution >= 0.6 is 0 Å². The second-order valence-corrected chi connectivity index (χ2v) is 6.57. The maximum absolute atomic E-state index is 12.2. The third-order valence-corrected chi connectivity index (χ3v) is 4.50. The average Bonchev–Trinajstić information content (AvgIpc) is 3.49. The van der Waals surface area contributed by atoms with Crippen LogP contribution in [0.15, 0.2) is 47.1 Å². The van der Waals surface area contributed by atoms with Gasteiger partial charge in [0.15, 0.2) is 28.8 Å². The maximum Gasteiger partial charge on any atom is 0.258 e. The molecule has 1 aliphatic rings. The summed E-state index contributed by atoms with van der Waals surface area (Å²) in [6, 6.07) is 9.11. The fourth-order valence-electron chi connectivity index (χ4n) is 3.02. The molecule has 0 radical (unpaired) electrons. The molecule has 1 amide bonds. The van der Waals surface area contributed by atoms with Crippen molar-refractivity contribution in [3.05, 3.63) is 59.8 Å². The number of nitrogens with one attached hydrogen (secondary N) is 1. The fourth-order valence-corrected chi connectivity index (χ4v) is 3.02. The number of carbonyl (C=O) groups is 1. The minimum atomic E-state index is -0.248. The highest BCUT2D eigenvalue weighted by Crippen LogP contribution is 2.32. The number of pyridine rings is 1. The van der Waals surface area contributed by atoms with Crippen LogP contribution in [-0.2, 0) is 11.3 Å². The summed E-state index contributed by atoms with van der Waals surface area (Å²) < 4.78 is 17.6. The third kappa shape index (κ3) is 3.46. The Balaban J connectivity index is 1.25. The Bertz CT molecular complexity index is 1280. The van der Waals surface area contributed by atoms with Crippen molar-refractivity contribution < 1.29 is 18.8 Å². The molecule has 0 saturated carbocycles. The van der Waals surface area contributed by atoms with Crippen molar-refractivity contribution in [2.45, 2.75) is 13.5 Å². The molecule has 0 unspecified atom stereocenters. The Labute approximate surface area is 170 Å². The first-order valence-corrected chi connectivity index (χ1v) is 9.16. The second kappa shape index (κ2) is 7.32. The monoisotopic (exact) mass is 404 g/mol. The molecule has 1 aliphatic heterocycles. The summed E-state index contributed by atoms with van der Waals surface area (Å²) in [5, 5.41) is 14.9. The molecule has 0 bridgehead atoms. The summed E-state index contributed by atoms with van der Waals surface area (Å²) in [5.74, 6) is 2.70. The number of ether oxygens (including phenoxy) is 2. The Hall–Kier alpha value is -4.21. The predicted molar refractivity (Wildman–Crippen MR) is 104 cm³/mol. The standard InChI is InChI=1S/C20H16N6O4/c1-12-22-20(30-25-12)14-6-7-26-17(9-14)23-24-18(26)10-21-19(27)5-3-13-2-4-15-16(8-13)29-11-28-15/h2-9H,10-11H2,1H3,(H,21,27)/b5-3+. The lowest BCUT2D eigenvalue weighted by Gasteiger charge is -2.02. The third-order valence-electron chi connectivity index (χ3n) is 4.50. The molecule has 3 aromatic heterocycles. The summed E-state index contributed by atoms with van der Waals surface area (Å²) in [6.45, 7) is 2.19. The number of hydrogen-bond acceptors (Lipinski definition) is 8. The summed E-state index contributed by atoms with van der Waals surface area (Å²) in [5.41, 5.74) is 2.20. The van der Waals surface area contributed by atoms with Gasteiger partial charge >= 0.3 is 0 Å². The van der Waals surface area contributed by atoms with Crippen LogP contribution in [0.3, 0.4) is 0 Å². The van der Waals surface area contributed by atoms with Gasteiger partial charge in [-0.1, -0.05) is 11.2 Å². The molecule has 0 atom stereocenters. The van der Waals surface area contributed by atoms with Crippen molar-refractivity contribution in [1.82, 2.24) is 30.1 Å². The van der Waals surface area contributed by atoms with Gasteiger partial charge in [0, 0.05) is 17.8 Å². The lowest BCUT2D eigenvalue weighted by Crippen LogP contribution is -2.21. The van der Waals surface area contributed by atoms with Crippen molar-refractivity contribution in [3.63, 3.8) is 0 Å². The molecular weight excluding hydrogens is 388 g/mol. The summed E-state index contributed by atoms with van der Waals surface area (Å²) in [4.78, 5) is 16.4. The van der Waals surface area contributed by atoms with E-state index in [1.807, 2.05) is 24.3 Å². The van der Waals surface area contributed by atoms with Gasteiger partial charge in [-0.3, -0.25) is 9.20 Å². The van der Waals surface area contributed by atoms with Gasteiger partial charge in [-0.25, -0.2) is 0 Å². The Morgan fingerprint density at radius 2 is 2.10 bits per heavy atom. The molecule has 0 aliphatic carbocycles. The topological polar surface area (TPSA) is 117 Å². The summed E-state index contributed by atoms with van der Waals surface area (Å²) in [6.07, 6.45) is 4.96. The van der Waals surface area contributed by atoms with E-state index in [1.54, 1.807) is 29.7 Å². The molecular formula is C20H16N6O4. The number of aromatic nitrogens is 5. The molecule has 4 heterocycles. The van der Waals surface area contributed by atoms with Gasteiger partial charge in [-0.15, -0.1) is 10.2 Å². The first kappa shape index (κ1) is 17.9. The van der Waals surface area contributed by atoms with E-state index in [1.165, 1.54) is 6.08 Å². The van der Waals surface area contributed by atoms with Crippen LogP contribution in [0.1, 0.15) is 17.2 Å². The quantitative estimate of drug-likeness (QED) is 0.503. The predicted octanol–water partition coefficient (Wildman–Crippen LogP) is 2.15. The number of carbonyl (C=O) groups excluding carboxylic acids is 1. The normalized spacial score (nSPS) is 12.7. The number of rotatable bonds is 5. The maximum atomic E-state index is 12.2. The van der Waals surface area contributed by atoms with E-state index in [0.717, 1.165) is 11.1 Å². The Morgan fingerprint density at radius 3 is 2.97 bits per heavy atom. The molecule has 5 rings (SSSR count). The zero-order chi connectivity index (χ0) is 20.5. The van der Waals surface area contributed by atoms with Crippen molar-refractivity contribution in [2.75, 3.05) is 6.79 Å². The van der Waals surface area contributed by atoms with E-state index in [4.69, 9.17) is 14.0 Å². The molecule has 30 heavy (non-hydrogen) atoms. The first-order chi connectivity index (χ1) is 14.7. The second-order valence-electron chi connectivity index (χ2n) is 6.57. The van der Waals surface area contributed by atoms with Crippen LogP contribution in [0.25, 0.3) is 23.2 Å². The highest BCUT2D eigenvalue weighted by molar-refractivity contribution is 5.91. The lowest BCUT2D eigenvalue weighted by atomic mass is 10.2. The van der Waals surface area contributed by atoms with Gasteiger partial charge in [0.1, 0.15) is 0 Å². The zero-order valence-corrected chi connectivity index (χ0v) is 15.9. The van der Waals surface area contributed by atoms with Crippen molar-refractivity contribution in [2.24, 2.45) is 0 Å². The van der Waals surface area contributed by atoms with Crippen LogP contribution in [0.5, 0.6) is 11.5 Å². The number of amides is 1. The number of fused-ring (bicyclic) bond motifs is 2. The van der Waals surface area contributed by atoms with Crippen LogP contribution < -0.4 is 14.8 Å². The van der Waals surface area contributed by atoms with Crippen molar-refractivity contribution >= 4 is 17.6 Å². The zero-order valence-electron chi connectivity index (χ0n) is 15.9. The number of benzene rings is 1. The van der Waals surface area contributed by atoms with Gasteiger partial charge < -0.3 is 19.3 Å². The Morgan fingerprint density at radius 1 is 1.20 bits per heavy atom. The van der Waals surface area contributed by atoms with E-state index in [2.05, 4.69) is 25.7 Å². The van der Waals surface area contributed by atoms with E-state index >= 15 is 0 Å². The summed E-state index contributed by atoms with van der Waals surface area (Å²) in [7, 11) is 0. The molecule has 1 aromatic carbocycles. The Kier molecular flexibility index (Phi) is 4.36. The fraction of sp³-hybridized carbons (Fsp3) is 0.150. The van der Waals surface area contributed by atoms with E-state index in [0.29, 0.717) is 34.7 Å². The van der Waals surface area contributed by atoms with E-state index in [-0.39, 0.29) is 19.2 Å². The molecule has 1 N–H and O–H groups in total. The SMILES string of the molecule is Cc1noc(-c2ccn3c(CNC(=O)/C=C/c4ccc5c(c4)OCO5)nnc3c2)n1. The number of aryl methyl sites for hydroxylation is 1. The minimum absolute atomic E-state index is 0.214. The van der Waals surface area contributed by atoms with Crippen LogP contribution in [0, 0.1) is 6.92 Å². The lowest BCUT2D eigenvalue weighted by molar-refractivity contribution is -0.116. The van der Waals surface area contributed by atoms with Gasteiger partial charge in [0.25, 0.3) is 5.89 Å². The number of hydrogen-bond donors (Lipinski definition) is 1. The van der Waals surface area contributed by atoms with Gasteiger partial charge in [0.05, 0.1) is 6.54 Å². The van der Waals surface area contributed by atoms with E-state index in [9.17, 15) is 4.79 Å². The molecule has 4 aromatic rings. The molecule has 10 nitrogen and oxygen atoms in total. The van der Waals surface area contributed by atoms with Gasteiger partial charge in [-0.2, -0.15) is 4.98 Å². The van der Waals surface area contributed by atoms with E-state index < -0.39 is 0 Å². The van der Waals surface area contributed by atoms with Crippen LogP contribution in [0.2, 0.25) is 0 Å². The molecule has 0 fully saturated rings. The van der Waals surface area contributed by atoms with Crippen LogP contribution in [0.4, 0.5) is 0 Å². The van der Waals surface area contributed by atoms with Gasteiger partial charge in [-0.05, 0) is 42.8 Å². The molecule has 10 heteroatoms. The first-order valence-electron chi connectivity index (χ1n) is 9.16. The number of nitrogens with zero attached hydrogens (tertiary/aromatic N) is 5. The minimum Gasteiger partial charge on any atom is -0.454 e. The van der Waals surface area contributed by atoms with Gasteiger partial charge in [0.2, 0.25) is 12.7 Å². The molecule has 150 valence electrons. The molecule has 0 spiro atoms. The molecule has 0 saturated heterocycles. The van der Waals surface area contributed by atoms with Crippen molar-refractivity contribution in [3.8, 4) is 23.0 Å². The highest BCUT2D eigenvalue weighted by atomic mass is 16.7. The average molecular weight is 404 g/mol. The smallest absolute Gasteiger partial charge is 0.258 e. The summed E-state index contributed by atoms with van der Waals surface area (Å²) >= 11 is 0.